The number of rotatable bonds is 4. The van der Waals surface area contributed by atoms with Crippen molar-refractivity contribution in [3.05, 3.63) is 75.4 Å². The maximum Gasteiger partial charge on any atom is 0.268 e. The van der Waals surface area contributed by atoms with Crippen LogP contribution in [0.2, 0.25) is 10.0 Å². The van der Waals surface area contributed by atoms with E-state index < -0.39 is 11.9 Å². The number of carbonyl (C=O) groups excluding carboxylic acids is 2. The Balaban J connectivity index is 1.75. The predicted octanol–water partition coefficient (Wildman–Crippen LogP) is 3.67. The van der Waals surface area contributed by atoms with Crippen molar-refractivity contribution in [2.24, 2.45) is 0 Å². The maximum absolute atomic E-state index is 12.3. The van der Waals surface area contributed by atoms with E-state index in [1.165, 1.54) is 6.08 Å². The Morgan fingerprint density at radius 2 is 1.70 bits per heavy atom. The van der Waals surface area contributed by atoms with Crippen LogP contribution in [0.25, 0.3) is 12.2 Å². The molecule has 0 radical (unpaired) electrons. The van der Waals surface area contributed by atoms with Crippen molar-refractivity contribution < 1.29 is 14.3 Å². The number of carbonyl (C=O) groups is 2. The van der Waals surface area contributed by atoms with Gasteiger partial charge in [0, 0.05) is 15.6 Å². The number of amides is 2. The molecule has 1 saturated heterocycles. The monoisotopic (exact) mass is 402 g/mol. The third kappa shape index (κ3) is 4.51. The molecule has 2 N–H and O–H groups in total. The second-order valence-corrected chi connectivity index (χ2v) is 6.58. The molecule has 138 valence electrons. The fourth-order valence-corrected chi connectivity index (χ4v) is 3.01. The minimum absolute atomic E-state index is 0.0871. The Labute approximate surface area is 166 Å². The van der Waals surface area contributed by atoms with Crippen LogP contribution in [0.5, 0.6) is 5.75 Å². The van der Waals surface area contributed by atoms with Crippen LogP contribution < -0.4 is 15.4 Å². The summed E-state index contributed by atoms with van der Waals surface area (Å²) in [6, 6.07) is 11.6. The standard InChI is InChI=1S/C20H16Cl2N2O3/c1-27-13-8-5-12(6-9-13)7-10-17-19(25)24-18(20(26)23-17)11-14-15(21)3-2-4-16(14)22/h2-11,17H,1H3,(H,23,26)(H,24,25). The lowest BCUT2D eigenvalue weighted by atomic mass is 10.1. The van der Waals surface area contributed by atoms with Crippen molar-refractivity contribution in [1.82, 2.24) is 10.6 Å². The number of halogens is 2. The fourth-order valence-electron chi connectivity index (χ4n) is 2.50. The molecule has 1 fully saturated rings. The van der Waals surface area contributed by atoms with Crippen molar-refractivity contribution >= 4 is 47.2 Å². The number of hydrogen-bond acceptors (Lipinski definition) is 3. The Kier molecular flexibility index (Phi) is 5.84. The first-order chi connectivity index (χ1) is 13.0. The van der Waals surface area contributed by atoms with Crippen molar-refractivity contribution in [3.63, 3.8) is 0 Å². The lowest BCUT2D eigenvalue weighted by molar-refractivity contribution is -0.129. The highest BCUT2D eigenvalue weighted by Crippen LogP contribution is 2.26. The van der Waals surface area contributed by atoms with Crippen LogP contribution in [0.15, 0.2) is 54.2 Å². The summed E-state index contributed by atoms with van der Waals surface area (Å²) in [5.74, 6) is -0.0346. The highest BCUT2D eigenvalue weighted by Gasteiger charge is 2.28. The minimum atomic E-state index is -0.779. The molecule has 1 atom stereocenters. The Hall–Kier alpha value is -2.76. The van der Waals surface area contributed by atoms with Crippen molar-refractivity contribution in [3.8, 4) is 5.75 Å². The van der Waals surface area contributed by atoms with Gasteiger partial charge >= 0.3 is 0 Å². The quantitative estimate of drug-likeness (QED) is 0.766. The SMILES string of the molecule is COc1ccc(C=CC2NC(=O)C(=Cc3c(Cl)cccc3Cl)NC2=O)cc1. The van der Waals surface area contributed by atoms with Crippen LogP contribution in [0.4, 0.5) is 0 Å². The molecule has 0 saturated carbocycles. The molecule has 1 aliphatic rings. The van der Waals surface area contributed by atoms with Crippen LogP contribution in [0.3, 0.4) is 0 Å². The number of piperazine rings is 1. The fraction of sp³-hybridized carbons (Fsp3) is 0.100. The summed E-state index contributed by atoms with van der Waals surface area (Å²) in [6.45, 7) is 0. The van der Waals surface area contributed by atoms with E-state index in [1.807, 2.05) is 24.3 Å². The summed E-state index contributed by atoms with van der Waals surface area (Å²) in [5.41, 5.74) is 1.43. The van der Waals surface area contributed by atoms with Crippen LogP contribution in [0.1, 0.15) is 11.1 Å². The first-order valence-electron chi connectivity index (χ1n) is 8.07. The van der Waals surface area contributed by atoms with Gasteiger partial charge in [0.05, 0.1) is 7.11 Å². The molecule has 7 heteroatoms. The van der Waals surface area contributed by atoms with E-state index in [0.29, 0.717) is 15.6 Å². The first-order valence-corrected chi connectivity index (χ1v) is 8.83. The van der Waals surface area contributed by atoms with Crippen LogP contribution >= 0.6 is 23.2 Å². The van der Waals surface area contributed by atoms with Crippen molar-refractivity contribution in [1.29, 1.82) is 0 Å². The molecule has 0 bridgehead atoms. The summed E-state index contributed by atoms with van der Waals surface area (Å²) in [4.78, 5) is 24.7. The van der Waals surface area contributed by atoms with Gasteiger partial charge in [-0.2, -0.15) is 0 Å². The zero-order valence-electron chi connectivity index (χ0n) is 14.3. The van der Waals surface area contributed by atoms with Gasteiger partial charge in [-0.3, -0.25) is 9.59 Å². The predicted molar refractivity (Wildman–Crippen MR) is 107 cm³/mol. The Morgan fingerprint density at radius 1 is 1.04 bits per heavy atom. The second-order valence-electron chi connectivity index (χ2n) is 5.77. The number of benzene rings is 2. The minimum Gasteiger partial charge on any atom is -0.497 e. The van der Waals surface area contributed by atoms with Gasteiger partial charge in [0.25, 0.3) is 11.8 Å². The lowest BCUT2D eigenvalue weighted by Crippen LogP contribution is -2.53. The Bertz CT molecular complexity index is 916. The topological polar surface area (TPSA) is 67.4 Å². The molecule has 2 aromatic carbocycles. The average molecular weight is 403 g/mol. The molecule has 0 aliphatic carbocycles. The van der Waals surface area contributed by atoms with Crippen LogP contribution in [-0.4, -0.2) is 25.0 Å². The molecule has 27 heavy (non-hydrogen) atoms. The molecule has 0 aromatic heterocycles. The molecule has 2 amide bonds. The van der Waals surface area contributed by atoms with E-state index in [0.717, 1.165) is 11.3 Å². The van der Waals surface area contributed by atoms with Crippen molar-refractivity contribution in [2.45, 2.75) is 6.04 Å². The van der Waals surface area contributed by atoms with E-state index in [4.69, 9.17) is 27.9 Å². The number of hydrogen-bond donors (Lipinski definition) is 2. The van der Waals surface area contributed by atoms with Crippen molar-refractivity contribution in [2.75, 3.05) is 7.11 Å². The number of methoxy groups -OCH3 is 1. The smallest absolute Gasteiger partial charge is 0.268 e. The van der Waals surface area contributed by atoms with E-state index in [2.05, 4.69) is 10.6 Å². The molecular weight excluding hydrogens is 387 g/mol. The second kappa shape index (κ2) is 8.29. The summed E-state index contributed by atoms with van der Waals surface area (Å²) in [7, 11) is 1.59. The summed E-state index contributed by atoms with van der Waals surface area (Å²) in [5, 5.41) is 6.02. The zero-order chi connectivity index (χ0) is 19.4. The highest BCUT2D eigenvalue weighted by molar-refractivity contribution is 6.37. The molecule has 5 nitrogen and oxygen atoms in total. The highest BCUT2D eigenvalue weighted by atomic mass is 35.5. The molecule has 1 aliphatic heterocycles. The lowest BCUT2D eigenvalue weighted by Gasteiger charge is -2.23. The third-order valence-electron chi connectivity index (χ3n) is 3.96. The number of nitrogens with one attached hydrogen (secondary N) is 2. The van der Waals surface area contributed by atoms with E-state index in [-0.39, 0.29) is 11.6 Å². The molecule has 0 spiro atoms. The third-order valence-corrected chi connectivity index (χ3v) is 4.62. The normalized spacial score (nSPS) is 18.5. The zero-order valence-corrected chi connectivity index (χ0v) is 15.8. The van der Waals surface area contributed by atoms with E-state index in [1.54, 1.807) is 37.5 Å². The van der Waals surface area contributed by atoms with Gasteiger partial charge in [-0.15, -0.1) is 0 Å². The average Bonchev–Trinajstić information content (AvgIpc) is 2.66. The van der Waals surface area contributed by atoms with Gasteiger partial charge in [0.1, 0.15) is 17.5 Å². The summed E-state index contributed by atoms with van der Waals surface area (Å²) < 4.78 is 5.10. The Morgan fingerprint density at radius 3 is 2.33 bits per heavy atom. The first kappa shape index (κ1) is 19.0. The summed E-state index contributed by atoms with van der Waals surface area (Å²) in [6.07, 6.45) is 4.83. The molecule has 3 rings (SSSR count). The molecular formula is C20H16Cl2N2O3. The van der Waals surface area contributed by atoms with Gasteiger partial charge in [-0.05, 0) is 35.9 Å². The van der Waals surface area contributed by atoms with Crippen LogP contribution in [-0.2, 0) is 9.59 Å². The van der Waals surface area contributed by atoms with E-state index in [9.17, 15) is 9.59 Å². The maximum atomic E-state index is 12.3. The largest absolute Gasteiger partial charge is 0.497 e. The van der Waals surface area contributed by atoms with Gasteiger partial charge in [-0.1, -0.05) is 53.6 Å². The molecule has 1 unspecified atom stereocenters. The molecule has 1 heterocycles. The molecule has 2 aromatic rings. The van der Waals surface area contributed by atoms with Gasteiger partial charge in [0.15, 0.2) is 0 Å². The van der Waals surface area contributed by atoms with Crippen LogP contribution in [0, 0.1) is 0 Å². The number of ether oxygens (including phenoxy) is 1. The van der Waals surface area contributed by atoms with Gasteiger partial charge in [0.2, 0.25) is 0 Å². The van der Waals surface area contributed by atoms with Gasteiger partial charge in [-0.25, -0.2) is 0 Å². The summed E-state index contributed by atoms with van der Waals surface area (Å²) >= 11 is 12.2. The van der Waals surface area contributed by atoms with Gasteiger partial charge < -0.3 is 15.4 Å². The van der Waals surface area contributed by atoms with E-state index >= 15 is 0 Å².